The molecule has 1 amide bonds. The molecular weight excluding hydrogens is 264 g/mol. The fraction of sp³-hybridized carbons (Fsp3) is 0.929. The average molecular weight is 293 g/mol. The third kappa shape index (κ3) is 10.2. The Labute approximate surface area is 123 Å². The number of halogens is 1. The largest absolute Gasteiger partial charge is 0.380 e. The standard InChI is InChI=1S/C14H28N2O2.ClH/c1-2-3-11-18-12-10-16-14(17)5-4-13-6-8-15-9-7-13;/h13,15H,2-12H2,1H3,(H,16,17);1H. The molecule has 0 aromatic carbocycles. The fourth-order valence-electron chi connectivity index (χ4n) is 2.21. The highest BCUT2D eigenvalue weighted by Crippen LogP contribution is 2.17. The van der Waals surface area contributed by atoms with Crippen molar-refractivity contribution in [1.29, 1.82) is 0 Å². The maximum atomic E-state index is 11.6. The second kappa shape index (κ2) is 12.7. The van der Waals surface area contributed by atoms with Crippen LogP contribution in [0, 0.1) is 5.92 Å². The van der Waals surface area contributed by atoms with Gasteiger partial charge in [0.1, 0.15) is 0 Å². The van der Waals surface area contributed by atoms with Gasteiger partial charge < -0.3 is 15.4 Å². The van der Waals surface area contributed by atoms with Crippen LogP contribution in [0.1, 0.15) is 45.4 Å². The molecule has 114 valence electrons. The number of carbonyl (C=O) groups is 1. The second-order valence-electron chi connectivity index (χ2n) is 5.05. The highest BCUT2D eigenvalue weighted by Gasteiger charge is 2.14. The molecule has 1 saturated heterocycles. The van der Waals surface area contributed by atoms with E-state index in [9.17, 15) is 4.79 Å². The highest BCUT2D eigenvalue weighted by atomic mass is 35.5. The van der Waals surface area contributed by atoms with Crippen LogP contribution in [0.2, 0.25) is 0 Å². The molecule has 0 aromatic heterocycles. The molecule has 0 aliphatic carbocycles. The van der Waals surface area contributed by atoms with Gasteiger partial charge in [0.2, 0.25) is 5.91 Å². The number of rotatable bonds is 9. The normalized spacial score (nSPS) is 15.8. The molecule has 0 spiro atoms. The van der Waals surface area contributed by atoms with Gasteiger partial charge in [0.15, 0.2) is 0 Å². The molecule has 0 bridgehead atoms. The quantitative estimate of drug-likeness (QED) is 0.640. The predicted molar refractivity (Wildman–Crippen MR) is 80.8 cm³/mol. The number of ether oxygens (including phenoxy) is 1. The van der Waals surface area contributed by atoms with E-state index in [2.05, 4.69) is 17.6 Å². The lowest BCUT2D eigenvalue weighted by Gasteiger charge is -2.22. The summed E-state index contributed by atoms with van der Waals surface area (Å²) in [6.45, 7) is 6.45. The van der Waals surface area contributed by atoms with Crippen molar-refractivity contribution in [3.05, 3.63) is 0 Å². The second-order valence-corrected chi connectivity index (χ2v) is 5.05. The number of amides is 1. The van der Waals surface area contributed by atoms with Gasteiger partial charge in [-0.3, -0.25) is 4.79 Å². The molecule has 1 rings (SSSR count). The summed E-state index contributed by atoms with van der Waals surface area (Å²) in [4.78, 5) is 11.6. The number of piperidine rings is 1. The monoisotopic (exact) mass is 292 g/mol. The minimum atomic E-state index is 0. The van der Waals surface area contributed by atoms with E-state index in [1.807, 2.05) is 0 Å². The van der Waals surface area contributed by atoms with Crippen molar-refractivity contribution in [1.82, 2.24) is 10.6 Å². The van der Waals surface area contributed by atoms with Gasteiger partial charge >= 0.3 is 0 Å². The topological polar surface area (TPSA) is 50.4 Å². The number of nitrogens with one attached hydrogen (secondary N) is 2. The predicted octanol–water partition coefficient (Wildman–Crippen LogP) is 2.12. The maximum absolute atomic E-state index is 11.6. The summed E-state index contributed by atoms with van der Waals surface area (Å²) < 4.78 is 5.40. The fourth-order valence-corrected chi connectivity index (χ4v) is 2.21. The first-order chi connectivity index (χ1) is 8.83. The van der Waals surface area contributed by atoms with Crippen LogP contribution in [0.25, 0.3) is 0 Å². The molecule has 5 heteroatoms. The zero-order valence-corrected chi connectivity index (χ0v) is 12.9. The smallest absolute Gasteiger partial charge is 0.220 e. The van der Waals surface area contributed by atoms with Crippen molar-refractivity contribution in [2.24, 2.45) is 5.92 Å². The van der Waals surface area contributed by atoms with Crippen molar-refractivity contribution in [2.45, 2.75) is 45.4 Å². The Morgan fingerprint density at radius 1 is 1.32 bits per heavy atom. The van der Waals surface area contributed by atoms with Gasteiger partial charge in [0, 0.05) is 19.6 Å². The molecule has 4 nitrogen and oxygen atoms in total. The summed E-state index contributed by atoms with van der Waals surface area (Å²) in [7, 11) is 0. The Balaban J connectivity index is 0.00000324. The van der Waals surface area contributed by atoms with E-state index < -0.39 is 0 Å². The molecule has 0 radical (unpaired) electrons. The SMILES string of the molecule is CCCCOCCNC(=O)CCC1CCNCC1.Cl. The van der Waals surface area contributed by atoms with E-state index in [1.165, 1.54) is 12.8 Å². The van der Waals surface area contributed by atoms with Crippen LogP contribution in [-0.2, 0) is 9.53 Å². The maximum Gasteiger partial charge on any atom is 0.220 e. The summed E-state index contributed by atoms with van der Waals surface area (Å²) >= 11 is 0. The van der Waals surface area contributed by atoms with Gasteiger partial charge in [0.25, 0.3) is 0 Å². The van der Waals surface area contributed by atoms with Crippen LogP contribution >= 0.6 is 12.4 Å². The Morgan fingerprint density at radius 3 is 2.74 bits per heavy atom. The molecule has 0 unspecified atom stereocenters. The molecule has 19 heavy (non-hydrogen) atoms. The summed E-state index contributed by atoms with van der Waals surface area (Å²) in [5.74, 6) is 0.908. The first kappa shape index (κ1) is 18.7. The summed E-state index contributed by atoms with van der Waals surface area (Å²) in [6.07, 6.45) is 6.39. The zero-order valence-electron chi connectivity index (χ0n) is 12.1. The van der Waals surface area contributed by atoms with Crippen LogP contribution < -0.4 is 10.6 Å². The van der Waals surface area contributed by atoms with Crippen molar-refractivity contribution >= 4 is 18.3 Å². The molecule has 1 fully saturated rings. The average Bonchev–Trinajstić information content (AvgIpc) is 2.41. The van der Waals surface area contributed by atoms with Gasteiger partial charge in [-0.2, -0.15) is 0 Å². The Hall–Kier alpha value is -0.320. The highest BCUT2D eigenvalue weighted by molar-refractivity contribution is 5.85. The third-order valence-electron chi connectivity index (χ3n) is 3.45. The van der Waals surface area contributed by atoms with Crippen LogP contribution in [0.3, 0.4) is 0 Å². The van der Waals surface area contributed by atoms with Crippen LogP contribution in [-0.4, -0.2) is 38.8 Å². The van der Waals surface area contributed by atoms with Crippen LogP contribution in [0.4, 0.5) is 0 Å². The van der Waals surface area contributed by atoms with Gasteiger partial charge in [-0.05, 0) is 44.7 Å². The minimum absolute atomic E-state index is 0. The lowest BCUT2D eigenvalue weighted by Crippen LogP contribution is -2.30. The van der Waals surface area contributed by atoms with Crippen LogP contribution in [0.15, 0.2) is 0 Å². The van der Waals surface area contributed by atoms with Crippen LogP contribution in [0.5, 0.6) is 0 Å². The van der Waals surface area contributed by atoms with Crippen molar-refractivity contribution < 1.29 is 9.53 Å². The Morgan fingerprint density at radius 2 is 2.05 bits per heavy atom. The Bertz CT molecular complexity index is 221. The van der Waals surface area contributed by atoms with E-state index >= 15 is 0 Å². The van der Waals surface area contributed by atoms with E-state index in [1.54, 1.807) is 0 Å². The third-order valence-corrected chi connectivity index (χ3v) is 3.45. The molecule has 1 aliphatic rings. The lowest BCUT2D eigenvalue weighted by atomic mass is 9.93. The van der Waals surface area contributed by atoms with Gasteiger partial charge in [-0.1, -0.05) is 13.3 Å². The van der Waals surface area contributed by atoms with Gasteiger partial charge in [0.05, 0.1) is 6.61 Å². The number of carbonyl (C=O) groups excluding carboxylic acids is 1. The minimum Gasteiger partial charge on any atom is -0.380 e. The molecule has 0 atom stereocenters. The van der Waals surface area contributed by atoms with E-state index in [0.717, 1.165) is 44.9 Å². The van der Waals surface area contributed by atoms with E-state index in [-0.39, 0.29) is 18.3 Å². The van der Waals surface area contributed by atoms with Gasteiger partial charge in [-0.15, -0.1) is 12.4 Å². The number of hydrogen-bond donors (Lipinski definition) is 2. The van der Waals surface area contributed by atoms with E-state index in [0.29, 0.717) is 19.6 Å². The zero-order chi connectivity index (χ0) is 13.1. The lowest BCUT2D eigenvalue weighted by molar-refractivity contribution is -0.121. The van der Waals surface area contributed by atoms with E-state index in [4.69, 9.17) is 4.74 Å². The molecule has 0 saturated carbocycles. The Kier molecular flexibility index (Phi) is 12.5. The summed E-state index contributed by atoms with van der Waals surface area (Å²) in [6, 6.07) is 0. The summed E-state index contributed by atoms with van der Waals surface area (Å²) in [5.41, 5.74) is 0. The molecule has 0 aromatic rings. The molecule has 1 heterocycles. The first-order valence-corrected chi connectivity index (χ1v) is 7.38. The molecule has 2 N–H and O–H groups in total. The van der Waals surface area contributed by atoms with Crippen molar-refractivity contribution in [3.8, 4) is 0 Å². The number of hydrogen-bond acceptors (Lipinski definition) is 3. The molecule has 1 aliphatic heterocycles. The van der Waals surface area contributed by atoms with Crippen molar-refractivity contribution in [3.63, 3.8) is 0 Å². The first-order valence-electron chi connectivity index (χ1n) is 7.38. The molecular formula is C14H29ClN2O2. The number of unbranched alkanes of at least 4 members (excludes halogenated alkanes) is 1. The van der Waals surface area contributed by atoms with Crippen molar-refractivity contribution in [2.75, 3.05) is 32.8 Å². The van der Waals surface area contributed by atoms with Gasteiger partial charge in [-0.25, -0.2) is 0 Å². The summed E-state index contributed by atoms with van der Waals surface area (Å²) in [5, 5.41) is 6.26.